The van der Waals surface area contributed by atoms with E-state index in [9.17, 15) is 4.79 Å². The molecule has 0 heterocycles. The Morgan fingerprint density at radius 3 is 2.80 bits per heavy atom. The van der Waals surface area contributed by atoms with Crippen molar-refractivity contribution in [3.8, 4) is 0 Å². The molecule has 1 amide bonds. The Labute approximate surface area is 97.2 Å². The molecule has 0 aliphatic heterocycles. The first kappa shape index (κ1) is 10.6. The second-order valence-electron chi connectivity index (χ2n) is 3.94. The van der Waals surface area contributed by atoms with Gasteiger partial charge in [0.15, 0.2) is 0 Å². The summed E-state index contributed by atoms with van der Waals surface area (Å²) in [5, 5.41) is 2.88. The average Bonchev–Trinajstić information content (AvgIpc) is 2.86. The SMILES string of the molecule is Cc1ccc(C(=O)NC2CC2N)cc1Br. The number of aryl methyl sites for hydroxylation is 1. The maximum absolute atomic E-state index is 11.7. The molecule has 1 aromatic carbocycles. The normalized spacial score (nSPS) is 23.7. The third-order valence-corrected chi connectivity index (χ3v) is 3.44. The number of carbonyl (C=O) groups is 1. The summed E-state index contributed by atoms with van der Waals surface area (Å²) < 4.78 is 0.954. The van der Waals surface area contributed by atoms with Crippen LogP contribution in [0.25, 0.3) is 0 Å². The fourth-order valence-electron chi connectivity index (χ4n) is 1.37. The van der Waals surface area contributed by atoms with Crippen LogP contribution in [0.4, 0.5) is 0 Å². The van der Waals surface area contributed by atoms with E-state index in [1.54, 1.807) is 0 Å². The number of amides is 1. The lowest BCUT2D eigenvalue weighted by molar-refractivity contribution is 0.0950. The number of carbonyl (C=O) groups excluding carboxylic acids is 1. The van der Waals surface area contributed by atoms with Gasteiger partial charge in [-0.25, -0.2) is 0 Å². The molecule has 0 radical (unpaired) electrons. The van der Waals surface area contributed by atoms with Crippen LogP contribution in [0.1, 0.15) is 22.3 Å². The topological polar surface area (TPSA) is 55.1 Å². The van der Waals surface area contributed by atoms with E-state index in [4.69, 9.17) is 5.73 Å². The predicted octanol–water partition coefficient (Wildman–Crippen LogP) is 1.59. The minimum atomic E-state index is -0.0475. The summed E-state index contributed by atoms with van der Waals surface area (Å²) in [6.07, 6.45) is 0.888. The van der Waals surface area contributed by atoms with E-state index in [0.717, 1.165) is 16.5 Å². The highest BCUT2D eigenvalue weighted by molar-refractivity contribution is 9.10. The Kier molecular flexibility index (Phi) is 2.80. The summed E-state index contributed by atoms with van der Waals surface area (Å²) >= 11 is 3.40. The fraction of sp³-hybridized carbons (Fsp3) is 0.364. The molecule has 80 valence electrons. The smallest absolute Gasteiger partial charge is 0.251 e. The van der Waals surface area contributed by atoms with Gasteiger partial charge in [0.2, 0.25) is 0 Å². The molecule has 0 bridgehead atoms. The van der Waals surface area contributed by atoms with Crippen LogP contribution in [0.5, 0.6) is 0 Å². The molecule has 1 saturated carbocycles. The largest absolute Gasteiger partial charge is 0.348 e. The van der Waals surface area contributed by atoms with Crippen molar-refractivity contribution in [1.29, 1.82) is 0 Å². The molecular formula is C11H13BrN2O. The first-order chi connectivity index (χ1) is 7.08. The van der Waals surface area contributed by atoms with Crippen LogP contribution in [-0.4, -0.2) is 18.0 Å². The van der Waals surface area contributed by atoms with Gasteiger partial charge >= 0.3 is 0 Å². The number of benzene rings is 1. The summed E-state index contributed by atoms with van der Waals surface area (Å²) in [6.45, 7) is 1.99. The van der Waals surface area contributed by atoms with Gasteiger partial charge in [0, 0.05) is 22.1 Å². The highest BCUT2D eigenvalue weighted by atomic mass is 79.9. The summed E-state index contributed by atoms with van der Waals surface area (Å²) in [5.74, 6) is -0.0475. The fourth-order valence-corrected chi connectivity index (χ4v) is 1.75. The zero-order valence-electron chi connectivity index (χ0n) is 8.46. The van der Waals surface area contributed by atoms with Gasteiger partial charge in [-0.2, -0.15) is 0 Å². The van der Waals surface area contributed by atoms with Crippen molar-refractivity contribution in [3.05, 3.63) is 33.8 Å². The standard InChI is InChI=1S/C11H13BrN2O/c1-6-2-3-7(4-8(6)12)11(15)14-10-5-9(10)13/h2-4,9-10H,5,13H2,1H3,(H,14,15). The Morgan fingerprint density at radius 2 is 2.27 bits per heavy atom. The van der Waals surface area contributed by atoms with Gasteiger partial charge in [-0.3, -0.25) is 4.79 Å². The number of nitrogens with two attached hydrogens (primary N) is 1. The van der Waals surface area contributed by atoms with Crippen molar-refractivity contribution in [2.75, 3.05) is 0 Å². The summed E-state index contributed by atoms with van der Waals surface area (Å²) in [7, 11) is 0. The number of rotatable bonds is 2. The van der Waals surface area contributed by atoms with Crippen molar-refractivity contribution >= 4 is 21.8 Å². The second kappa shape index (κ2) is 3.94. The van der Waals surface area contributed by atoms with E-state index in [-0.39, 0.29) is 18.0 Å². The molecule has 4 heteroatoms. The van der Waals surface area contributed by atoms with Gasteiger partial charge in [-0.15, -0.1) is 0 Å². The van der Waals surface area contributed by atoms with Gasteiger partial charge in [-0.1, -0.05) is 22.0 Å². The molecule has 1 aliphatic rings. The van der Waals surface area contributed by atoms with Crippen molar-refractivity contribution in [2.24, 2.45) is 5.73 Å². The average molecular weight is 269 g/mol. The minimum Gasteiger partial charge on any atom is -0.348 e. The zero-order valence-corrected chi connectivity index (χ0v) is 10.0. The van der Waals surface area contributed by atoms with Crippen LogP contribution in [0.3, 0.4) is 0 Å². The Bertz CT molecular complexity index is 406. The molecule has 0 saturated heterocycles. The summed E-state index contributed by atoms with van der Waals surface area (Å²) in [5.41, 5.74) is 7.42. The lowest BCUT2D eigenvalue weighted by Crippen LogP contribution is -2.29. The molecule has 0 aromatic heterocycles. The van der Waals surface area contributed by atoms with Crippen molar-refractivity contribution in [3.63, 3.8) is 0 Å². The Morgan fingerprint density at radius 1 is 1.60 bits per heavy atom. The van der Waals surface area contributed by atoms with E-state index in [1.165, 1.54) is 0 Å². The zero-order chi connectivity index (χ0) is 11.0. The van der Waals surface area contributed by atoms with E-state index in [0.29, 0.717) is 5.56 Å². The molecule has 15 heavy (non-hydrogen) atoms. The lowest BCUT2D eigenvalue weighted by atomic mass is 10.1. The monoisotopic (exact) mass is 268 g/mol. The maximum atomic E-state index is 11.7. The Balaban J connectivity index is 2.08. The summed E-state index contributed by atoms with van der Waals surface area (Å²) in [6, 6.07) is 5.88. The quantitative estimate of drug-likeness (QED) is 0.856. The number of hydrogen-bond donors (Lipinski definition) is 2. The first-order valence-electron chi connectivity index (χ1n) is 4.90. The molecule has 2 rings (SSSR count). The third kappa shape index (κ3) is 2.38. The molecule has 3 N–H and O–H groups in total. The predicted molar refractivity (Wildman–Crippen MR) is 62.7 cm³/mol. The molecule has 1 fully saturated rings. The molecule has 3 nitrogen and oxygen atoms in total. The van der Waals surface area contributed by atoms with E-state index in [1.807, 2.05) is 25.1 Å². The van der Waals surface area contributed by atoms with Crippen LogP contribution < -0.4 is 11.1 Å². The maximum Gasteiger partial charge on any atom is 0.251 e. The summed E-state index contributed by atoms with van der Waals surface area (Å²) in [4.78, 5) is 11.7. The van der Waals surface area contributed by atoms with Crippen LogP contribution in [0, 0.1) is 6.92 Å². The highest BCUT2D eigenvalue weighted by Gasteiger charge is 2.34. The number of halogens is 1. The van der Waals surface area contributed by atoms with Gasteiger partial charge in [0.05, 0.1) is 0 Å². The van der Waals surface area contributed by atoms with Crippen molar-refractivity contribution in [2.45, 2.75) is 25.4 Å². The van der Waals surface area contributed by atoms with Gasteiger partial charge in [0.1, 0.15) is 0 Å². The molecule has 2 unspecified atom stereocenters. The molecule has 0 spiro atoms. The number of nitrogens with one attached hydrogen (secondary N) is 1. The minimum absolute atomic E-state index is 0.0475. The van der Waals surface area contributed by atoms with Crippen LogP contribution in [0.2, 0.25) is 0 Å². The van der Waals surface area contributed by atoms with Crippen molar-refractivity contribution in [1.82, 2.24) is 5.32 Å². The molecule has 1 aliphatic carbocycles. The van der Waals surface area contributed by atoms with Crippen molar-refractivity contribution < 1.29 is 4.79 Å². The Hall–Kier alpha value is -0.870. The molecular weight excluding hydrogens is 256 g/mol. The van der Waals surface area contributed by atoms with E-state index < -0.39 is 0 Å². The van der Waals surface area contributed by atoms with Gasteiger partial charge in [0.25, 0.3) is 5.91 Å². The molecule has 1 aromatic rings. The van der Waals surface area contributed by atoms with Crippen LogP contribution in [-0.2, 0) is 0 Å². The van der Waals surface area contributed by atoms with Crippen LogP contribution >= 0.6 is 15.9 Å². The molecule has 2 atom stereocenters. The van der Waals surface area contributed by atoms with Gasteiger partial charge < -0.3 is 11.1 Å². The lowest BCUT2D eigenvalue weighted by Gasteiger charge is -2.05. The second-order valence-corrected chi connectivity index (χ2v) is 4.80. The highest BCUT2D eigenvalue weighted by Crippen LogP contribution is 2.20. The number of hydrogen-bond acceptors (Lipinski definition) is 2. The van der Waals surface area contributed by atoms with E-state index in [2.05, 4.69) is 21.2 Å². The third-order valence-electron chi connectivity index (χ3n) is 2.59. The van der Waals surface area contributed by atoms with Crippen LogP contribution in [0.15, 0.2) is 22.7 Å². The first-order valence-corrected chi connectivity index (χ1v) is 5.70. The van der Waals surface area contributed by atoms with Gasteiger partial charge in [-0.05, 0) is 31.0 Å². The van der Waals surface area contributed by atoms with E-state index >= 15 is 0 Å².